The minimum atomic E-state index is -0.744. The Balaban J connectivity index is 1.62. The Morgan fingerprint density at radius 3 is 2.59 bits per heavy atom. The lowest BCUT2D eigenvalue weighted by Gasteiger charge is -2.60. The van der Waals surface area contributed by atoms with Crippen LogP contribution < -0.4 is 0 Å². The maximum absolute atomic E-state index is 12.1. The van der Waals surface area contributed by atoms with Gasteiger partial charge in [0.15, 0.2) is 11.5 Å². The second kappa shape index (κ2) is 7.11. The Morgan fingerprint density at radius 2 is 1.90 bits per heavy atom. The van der Waals surface area contributed by atoms with Gasteiger partial charge in [-0.3, -0.25) is 9.59 Å². The van der Waals surface area contributed by atoms with Gasteiger partial charge in [-0.05, 0) is 90.9 Å². The zero-order valence-electron chi connectivity index (χ0n) is 18.0. The van der Waals surface area contributed by atoms with E-state index in [1.807, 2.05) is 0 Å². The highest BCUT2D eigenvalue weighted by Crippen LogP contribution is 2.67. The molecule has 0 heterocycles. The number of aliphatic hydroxyl groups is 2. The molecule has 0 spiro atoms. The summed E-state index contributed by atoms with van der Waals surface area (Å²) in [7, 11) is 0. The van der Waals surface area contributed by atoms with E-state index in [4.69, 9.17) is 5.11 Å². The van der Waals surface area contributed by atoms with Gasteiger partial charge in [-0.1, -0.05) is 20.8 Å². The molecule has 4 aliphatic carbocycles. The third-order valence-electron chi connectivity index (χ3n) is 9.77. The Kier molecular flexibility index (Phi) is 5.12. The highest BCUT2D eigenvalue weighted by molar-refractivity contribution is 5.95. The van der Waals surface area contributed by atoms with Crippen LogP contribution in [0.1, 0.15) is 78.6 Å². The second-order valence-electron chi connectivity index (χ2n) is 10.8. The number of ketones is 1. The molecule has 0 bridgehead atoms. The first kappa shape index (κ1) is 20.9. The molecule has 5 nitrogen and oxygen atoms in total. The number of hydrogen-bond acceptors (Lipinski definition) is 4. The monoisotopic (exact) mass is 404 g/mol. The molecule has 0 saturated heterocycles. The first-order valence-corrected chi connectivity index (χ1v) is 11.5. The number of allylic oxidation sites excluding steroid dienone is 1. The number of aliphatic carboxylic acids is 1. The summed E-state index contributed by atoms with van der Waals surface area (Å²) in [5.41, 5.74) is 0.592. The summed E-state index contributed by atoms with van der Waals surface area (Å²) in [6.45, 7) is 6.62. The molecule has 3 fully saturated rings. The van der Waals surface area contributed by atoms with E-state index >= 15 is 0 Å². The van der Waals surface area contributed by atoms with E-state index in [2.05, 4.69) is 20.8 Å². The summed E-state index contributed by atoms with van der Waals surface area (Å²) in [6, 6.07) is 0. The van der Waals surface area contributed by atoms with Crippen LogP contribution in [0.5, 0.6) is 0 Å². The van der Waals surface area contributed by atoms with Crippen LogP contribution in [0.15, 0.2) is 11.3 Å². The smallest absolute Gasteiger partial charge is 0.303 e. The number of fused-ring (bicyclic) bond motifs is 5. The molecule has 0 unspecified atom stereocenters. The number of hydrogen-bond donors (Lipinski definition) is 3. The third kappa shape index (κ3) is 2.98. The van der Waals surface area contributed by atoms with Crippen LogP contribution in [0.4, 0.5) is 0 Å². The molecule has 162 valence electrons. The molecule has 4 rings (SSSR count). The van der Waals surface area contributed by atoms with Crippen LogP contribution in [0.2, 0.25) is 0 Å². The van der Waals surface area contributed by atoms with Gasteiger partial charge in [0.05, 0.1) is 6.10 Å². The Labute approximate surface area is 173 Å². The normalized spacial score (nSPS) is 45.4. The molecule has 3 saturated carbocycles. The topological polar surface area (TPSA) is 94.8 Å². The molecule has 4 aliphatic rings. The van der Waals surface area contributed by atoms with Crippen LogP contribution in [-0.2, 0) is 9.59 Å². The zero-order chi connectivity index (χ0) is 21.1. The number of carboxylic acids is 1. The lowest BCUT2D eigenvalue weighted by atomic mass is 9.45. The van der Waals surface area contributed by atoms with Gasteiger partial charge >= 0.3 is 5.97 Å². The van der Waals surface area contributed by atoms with E-state index < -0.39 is 12.1 Å². The van der Waals surface area contributed by atoms with Crippen molar-refractivity contribution in [3.8, 4) is 0 Å². The summed E-state index contributed by atoms with van der Waals surface area (Å²) in [4.78, 5) is 23.1. The largest absolute Gasteiger partial charge is 0.504 e. The first-order chi connectivity index (χ1) is 13.6. The fraction of sp³-hybridized carbons (Fsp3) is 0.833. The third-order valence-corrected chi connectivity index (χ3v) is 9.77. The average Bonchev–Trinajstić information content (AvgIpc) is 3.03. The first-order valence-electron chi connectivity index (χ1n) is 11.5. The summed E-state index contributed by atoms with van der Waals surface area (Å²) < 4.78 is 0. The van der Waals surface area contributed by atoms with Crippen LogP contribution in [0.25, 0.3) is 0 Å². The van der Waals surface area contributed by atoms with Crippen LogP contribution in [0.3, 0.4) is 0 Å². The number of rotatable bonds is 4. The lowest BCUT2D eigenvalue weighted by Crippen LogP contribution is -2.57. The molecule has 0 aromatic heterocycles. The highest BCUT2D eigenvalue weighted by atomic mass is 16.4. The van der Waals surface area contributed by atoms with Crippen molar-refractivity contribution in [3.05, 3.63) is 11.3 Å². The molecule has 0 aliphatic heterocycles. The Bertz CT molecular complexity index is 742. The van der Waals surface area contributed by atoms with Gasteiger partial charge in [-0.15, -0.1) is 0 Å². The van der Waals surface area contributed by atoms with E-state index in [-0.39, 0.29) is 28.8 Å². The van der Waals surface area contributed by atoms with E-state index in [1.54, 1.807) is 0 Å². The Morgan fingerprint density at radius 1 is 1.17 bits per heavy atom. The molecule has 0 aromatic rings. The zero-order valence-corrected chi connectivity index (χ0v) is 18.0. The van der Waals surface area contributed by atoms with Gasteiger partial charge < -0.3 is 15.3 Å². The molecule has 0 amide bonds. The maximum atomic E-state index is 12.1. The molecule has 29 heavy (non-hydrogen) atoms. The van der Waals surface area contributed by atoms with Gasteiger partial charge in [0.1, 0.15) is 0 Å². The number of Topliss-reactive ketones (excluding diaryl/α,β-unsaturated/α-hetero) is 1. The molecular formula is C24H36O5. The number of carbonyl (C=O) groups is 2. The van der Waals surface area contributed by atoms with E-state index in [0.717, 1.165) is 44.1 Å². The summed E-state index contributed by atoms with van der Waals surface area (Å²) in [6.07, 6.45) is 6.29. The number of carboxylic acid groups (broad SMARTS) is 1. The second-order valence-corrected chi connectivity index (χ2v) is 10.8. The predicted octanol–water partition coefficient (Wildman–Crippen LogP) is 4.49. The minimum Gasteiger partial charge on any atom is -0.504 e. The van der Waals surface area contributed by atoms with Crippen molar-refractivity contribution in [2.45, 2.75) is 84.7 Å². The highest BCUT2D eigenvalue weighted by Gasteiger charge is 2.63. The SMILES string of the molecule is C[C@H](CCC(=O)O)[C@H]1CC[C@H]2[C@@H]3CCC4=C(O)C(=O)CC[C@]4(C)[C@H]3C[C@H](O)[C@]12C. The van der Waals surface area contributed by atoms with Crippen molar-refractivity contribution in [1.82, 2.24) is 0 Å². The van der Waals surface area contributed by atoms with Gasteiger partial charge in [0.25, 0.3) is 0 Å². The lowest BCUT2D eigenvalue weighted by molar-refractivity contribution is -0.144. The van der Waals surface area contributed by atoms with Gasteiger partial charge in [-0.25, -0.2) is 0 Å². The van der Waals surface area contributed by atoms with Gasteiger partial charge in [0.2, 0.25) is 0 Å². The Hall–Kier alpha value is -1.36. The molecule has 0 aromatic carbocycles. The predicted molar refractivity (Wildman–Crippen MR) is 109 cm³/mol. The van der Waals surface area contributed by atoms with Crippen molar-refractivity contribution in [2.24, 2.45) is 40.4 Å². The van der Waals surface area contributed by atoms with Crippen LogP contribution in [-0.4, -0.2) is 33.2 Å². The average molecular weight is 405 g/mol. The summed E-state index contributed by atoms with van der Waals surface area (Å²) in [5.74, 6) is 1.04. The van der Waals surface area contributed by atoms with Crippen molar-refractivity contribution < 1.29 is 24.9 Å². The van der Waals surface area contributed by atoms with Crippen molar-refractivity contribution in [1.29, 1.82) is 0 Å². The van der Waals surface area contributed by atoms with Crippen molar-refractivity contribution >= 4 is 11.8 Å². The fourth-order valence-electron chi connectivity index (χ4n) is 8.17. The van der Waals surface area contributed by atoms with Crippen molar-refractivity contribution in [3.63, 3.8) is 0 Å². The number of aliphatic hydroxyl groups excluding tert-OH is 2. The molecular weight excluding hydrogens is 368 g/mol. The quantitative estimate of drug-likeness (QED) is 0.642. The van der Waals surface area contributed by atoms with Crippen LogP contribution in [0, 0.1) is 40.4 Å². The maximum Gasteiger partial charge on any atom is 0.303 e. The van der Waals surface area contributed by atoms with Crippen LogP contribution >= 0.6 is 0 Å². The van der Waals surface area contributed by atoms with E-state index in [0.29, 0.717) is 42.4 Å². The van der Waals surface area contributed by atoms with Crippen molar-refractivity contribution in [2.75, 3.05) is 0 Å². The molecule has 5 heteroatoms. The van der Waals surface area contributed by atoms with Gasteiger partial charge in [0, 0.05) is 12.8 Å². The fourth-order valence-corrected chi connectivity index (χ4v) is 8.17. The standard InChI is InChI=1S/C24H36O5/c1-13(4-9-21(27)28)15-7-8-16-14-5-6-17-22(29)19(25)10-11-23(17,2)18(14)12-20(26)24(15,16)3/h13-16,18,20,26,29H,4-12H2,1-3H3,(H,27,28)/t13-,14+,15-,16+,18+,20+,23+,24-/m1/s1. The molecule has 8 atom stereocenters. The minimum absolute atomic E-state index is 0.00613. The van der Waals surface area contributed by atoms with Gasteiger partial charge in [-0.2, -0.15) is 0 Å². The number of carbonyl (C=O) groups excluding carboxylic acids is 1. The molecule has 0 radical (unpaired) electrons. The van der Waals surface area contributed by atoms with E-state index in [9.17, 15) is 19.8 Å². The van der Waals surface area contributed by atoms with E-state index in [1.165, 1.54) is 0 Å². The summed E-state index contributed by atoms with van der Waals surface area (Å²) in [5, 5.41) is 31.0. The summed E-state index contributed by atoms with van der Waals surface area (Å²) >= 11 is 0. The molecule has 3 N–H and O–H groups in total.